The summed E-state index contributed by atoms with van der Waals surface area (Å²) >= 11 is 0. The second-order valence-electron chi connectivity index (χ2n) is 9.81. The molecular formula is C27H37NO10. The molecule has 1 amide bonds. The first-order valence-electron chi connectivity index (χ1n) is 12.4. The number of hydrogen-bond acceptors (Lipinski definition) is 10. The lowest BCUT2D eigenvalue weighted by molar-refractivity contribution is -0.283. The molecule has 1 fully saturated rings. The third-order valence-electron chi connectivity index (χ3n) is 7.03. The van der Waals surface area contributed by atoms with Crippen molar-refractivity contribution in [3.05, 3.63) is 53.6 Å². The predicted molar refractivity (Wildman–Crippen MR) is 136 cm³/mol. The molecule has 0 unspecified atom stereocenters. The number of carbonyl (C=O) groups is 1. The number of carbonyl (C=O) groups excluding carboxylic acids is 1. The molecule has 7 N–H and O–H groups in total. The van der Waals surface area contributed by atoms with Gasteiger partial charge in [0.05, 0.1) is 45.2 Å². The summed E-state index contributed by atoms with van der Waals surface area (Å²) in [6.07, 6.45) is -2.97. The van der Waals surface area contributed by atoms with E-state index in [0.717, 1.165) is 10.5 Å². The molecule has 4 atom stereocenters. The molecule has 2 aromatic rings. The molecule has 1 saturated heterocycles. The van der Waals surface area contributed by atoms with Gasteiger partial charge in [0.1, 0.15) is 16.9 Å². The van der Waals surface area contributed by atoms with E-state index in [1.54, 1.807) is 49.4 Å². The molecule has 0 saturated carbocycles. The van der Waals surface area contributed by atoms with Crippen molar-refractivity contribution in [2.45, 2.75) is 49.9 Å². The molecule has 3 rings (SSSR count). The minimum Gasteiger partial charge on any atom is -0.461 e. The Kier molecular flexibility index (Phi) is 9.85. The number of aryl methyl sites for hydroxylation is 1. The number of aliphatic hydroxyl groups excluding tert-OH is 6. The van der Waals surface area contributed by atoms with E-state index in [1.807, 2.05) is 0 Å². The molecule has 0 aliphatic carbocycles. The zero-order valence-corrected chi connectivity index (χ0v) is 21.5. The van der Waals surface area contributed by atoms with Gasteiger partial charge < -0.3 is 50.1 Å². The maximum absolute atomic E-state index is 13.3. The summed E-state index contributed by atoms with van der Waals surface area (Å²) in [5, 5.41) is 69.3. The van der Waals surface area contributed by atoms with Crippen molar-refractivity contribution in [3.8, 4) is 16.9 Å². The summed E-state index contributed by atoms with van der Waals surface area (Å²) in [7, 11) is 0. The second-order valence-corrected chi connectivity index (χ2v) is 9.81. The van der Waals surface area contributed by atoms with E-state index in [0.29, 0.717) is 16.9 Å². The van der Waals surface area contributed by atoms with Crippen LogP contribution in [0, 0.1) is 6.92 Å². The van der Waals surface area contributed by atoms with E-state index >= 15 is 0 Å². The lowest BCUT2D eigenvalue weighted by Gasteiger charge is -2.43. The topological polar surface area (TPSA) is 180 Å². The van der Waals surface area contributed by atoms with Crippen LogP contribution in [0.1, 0.15) is 29.3 Å². The van der Waals surface area contributed by atoms with E-state index in [4.69, 9.17) is 9.47 Å². The molecule has 0 spiro atoms. The van der Waals surface area contributed by atoms with Crippen molar-refractivity contribution >= 4 is 5.91 Å². The first-order chi connectivity index (χ1) is 18.1. The molecule has 0 bridgehead atoms. The number of aliphatic hydroxyl groups is 7. The van der Waals surface area contributed by atoms with Gasteiger partial charge in [-0.3, -0.25) is 4.79 Å². The van der Waals surface area contributed by atoms with Crippen molar-refractivity contribution in [2.24, 2.45) is 0 Å². The number of rotatable bonds is 11. The third-order valence-corrected chi connectivity index (χ3v) is 7.03. The van der Waals surface area contributed by atoms with Crippen LogP contribution in [0.15, 0.2) is 42.5 Å². The first kappa shape index (κ1) is 29.9. The monoisotopic (exact) mass is 535 g/mol. The van der Waals surface area contributed by atoms with Crippen LogP contribution in [0.5, 0.6) is 5.75 Å². The molecular weight excluding hydrogens is 498 g/mol. The zero-order chi connectivity index (χ0) is 28.1. The quantitative estimate of drug-likeness (QED) is 0.197. The Labute approximate surface area is 221 Å². The van der Waals surface area contributed by atoms with Crippen LogP contribution in [0.2, 0.25) is 0 Å². The normalized spacial score (nSPS) is 23.8. The average molecular weight is 536 g/mol. The van der Waals surface area contributed by atoms with Gasteiger partial charge in [-0.15, -0.1) is 0 Å². The summed E-state index contributed by atoms with van der Waals surface area (Å²) in [4.78, 5) is 14.4. The second kappa shape index (κ2) is 12.5. The molecule has 2 aromatic carbocycles. The maximum atomic E-state index is 13.3. The van der Waals surface area contributed by atoms with Gasteiger partial charge in [0.2, 0.25) is 6.29 Å². The number of benzene rings is 2. The van der Waals surface area contributed by atoms with Crippen LogP contribution in [0.4, 0.5) is 0 Å². The SMILES string of the molecule is Cc1cc(-c2cccc(C(=O)N(CCO)C(CO)(CO)CO)c2)ccc1O[C@H]1O[C@H](CO)C[C@H](O)[C@]1(C)O. The number of ether oxygens (including phenoxy) is 2. The highest BCUT2D eigenvalue weighted by Gasteiger charge is 2.48. The van der Waals surface area contributed by atoms with Gasteiger partial charge >= 0.3 is 0 Å². The molecule has 0 aromatic heterocycles. The van der Waals surface area contributed by atoms with Crippen molar-refractivity contribution in [1.29, 1.82) is 0 Å². The van der Waals surface area contributed by atoms with Gasteiger partial charge in [-0.05, 0) is 54.8 Å². The van der Waals surface area contributed by atoms with Crippen LogP contribution in [0.25, 0.3) is 11.1 Å². The third kappa shape index (κ3) is 6.00. The van der Waals surface area contributed by atoms with Crippen LogP contribution >= 0.6 is 0 Å². The number of nitrogens with zero attached hydrogens (tertiary/aromatic N) is 1. The Morgan fingerprint density at radius 1 is 1.08 bits per heavy atom. The average Bonchev–Trinajstić information content (AvgIpc) is 2.92. The van der Waals surface area contributed by atoms with E-state index in [2.05, 4.69) is 0 Å². The van der Waals surface area contributed by atoms with E-state index in [-0.39, 0.29) is 25.1 Å². The lowest BCUT2D eigenvalue weighted by atomic mass is 9.90. The Morgan fingerprint density at radius 2 is 1.74 bits per heavy atom. The van der Waals surface area contributed by atoms with E-state index in [1.165, 1.54) is 6.92 Å². The highest BCUT2D eigenvalue weighted by atomic mass is 16.7. The largest absolute Gasteiger partial charge is 0.461 e. The zero-order valence-electron chi connectivity index (χ0n) is 21.5. The Hall–Kier alpha value is -2.61. The van der Waals surface area contributed by atoms with Crippen LogP contribution in [0.3, 0.4) is 0 Å². The summed E-state index contributed by atoms with van der Waals surface area (Å²) in [6, 6.07) is 11.9. The van der Waals surface area contributed by atoms with E-state index in [9.17, 15) is 40.5 Å². The number of β-amino-alcohol motifs (C(OH)–C–C–N with tert-alkyl or cyclic N) is 1. The molecule has 11 heteroatoms. The molecule has 210 valence electrons. The Balaban J connectivity index is 1.87. The maximum Gasteiger partial charge on any atom is 0.254 e. The van der Waals surface area contributed by atoms with Crippen molar-refractivity contribution in [1.82, 2.24) is 4.90 Å². The van der Waals surface area contributed by atoms with Gasteiger partial charge in [0.25, 0.3) is 5.91 Å². The summed E-state index contributed by atoms with van der Waals surface area (Å²) < 4.78 is 11.5. The Morgan fingerprint density at radius 3 is 2.32 bits per heavy atom. The van der Waals surface area contributed by atoms with Crippen LogP contribution in [-0.4, -0.2) is 116 Å². The molecule has 1 aliphatic rings. The fraction of sp³-hybridized carbons (Fsp3) is 0.519. The standard InChI is InChI=1S/C27H37NO10/c1-17-10-19(6-7-22(17)38-25-26(2,36)23(34)12-21(13-30)37-25)18-4-3-5-20(11-18)24(35)28(8-9-29)27(14-31,15-32)16-33/h3-7,10-11,21,23,25,29-34,36H,8-9,12-16H2,1-2H3/t21-,23-,25+,26-/m0/s1. The van der Waals surface area contributed by atoms with Gasteiger partial charge in [-0.25, -0.2) is 0 Å². The molecule has 0 radical (unpaired) electrons. The minimum absolute atomic E-state index is 0.0715. The fourth-order valence-electron chi connectivity index (χ4n) is 4.40. The summed E-state index contributed by atoms with van der Waals surface area (Å²) in [6.45, 7) is 0.148. The minimum atomic E-state index is -1.70. The predicted octanol–water partition coefficient (Wildman–Crippen LogP) is -0.590. The van der Waals surface area contributed by atoms with E-state index < -0.39 is 62.0 Å². The molecule has 38 heavy (non-hydrogen) atoms. The van der Waals surface area contributed by atoms with Gasteiger partial charge in [-0.2, -0.15) is 0 Å². The van der Waals surface area contributed by atoms with Crippen molar-refractivity contribution < 1.29 is 50.0 Å². The van der Waals surface area contributed by atoms with Gasteiger partial charge in [-0.1, -0.05) is 18.2 Å². The fourth-order valence-corrected chi connectivity index (χ4v) is 4.40. The smallest absolute Gasteiger partial charge is 0.254 e. The first-order valence-corrected chi connectivity index (χ1v) is 12.4. The van der Waals surface area contributed by atoms with Crippen LogP contribution < -0.4 is 4.74 Å². The highest BCUT2D eigenvalue weighted by molar-refractivity contribution is 5.96. The Bertz CT molecular complexity index is 1080. The molecule has 11 nitrogen and oxygen atoms in total. The molecule has 1 aliphatic heterocycles. The van der Waals surface area contributed by atoms with Crippen molar-refractivity contribution in [3.63, 3.8) is 0 Å². The number of hydrogen-bond donors (Lipinski definition) is 7. The summed E-state index contributed by atoms with van der Waals surface area (Å²) in [5.41, 5.74) is -1.02. The van der Waals surface area contributed by atoms with Gasteiger partial charge in [0, 0.05) is 18.5 Å². The van der Waals surface area contributed by atoms with Gasteiger partial charge in [0.15, 0.2) is 0 Å². The van der Waals surface area contributed by atoms with Crippen molar-refractivity contribution in [2.75, 3.05) is 39.6 Å². The highest BCUT2D eigenvalue weighted by Crippen LogP contribution is 2.34. The van der Waals surface area contributed by atoms with Crippen LogP contribution in [-0.2, 0) is 4.74 Å². The number of amides is 1. The summed E-state index contributed by atoms with van der Waals surface area (Å²) in [5.74, 6) is -0.187. The lowest BCUT2D eigenvalue weighted by Crippen LogP contribution is -2.60. The molecule has 1 heterocycles.